The summed E-state index contributed by atoms with van der Waals surface area (Å²) in [6, 6.07) is 16.0. The van der Waals surface area contributed by atoms with Crippen LogP contribution in [0.4, 0.5) is 0 Å². The minimum Gasteiger partial charge on any atom is -0.497 e. The van der Waals surface area contributed by atoms with Gasteiger partial charge in [0.2, 0.25) is 0 Å². The zero-order valence-corrected chi connectivity index (χ0v) is 15.5. The van der Waals surface area contributed by atoms with E-state index in [4.69, 9.17) is 14.2 Å². The number of methoxy groups -OCH3 is 1. The zero-order valence-electron chi connectivity index (χ0n) is 15.5. The van der Waals surface area contributed by atoms with Crippen molar-refractivity contribution >= 4 is 5.97 Å². The van der Waals surface area contributed by atoms with Crippen molar-refractivity contribution < 1.29 is 19.0 Å². The van der Waals surface area contributed by atoms with Crippen molar-refractivity contribution in [3.63, 3.8) is 0 Å². The summed E-state index contributed by atoms with van der Waals surface area (Å²) < 4.78 is 16.0. The van der Waals surface area contributed by atoms with Crippen molar-refractivity contribution in [2.75, 3.05) is 20.3 Å². The van der Waals surface area contributed by atoms with E-state index in [-0.39, 0.29) is 5.97 Å². The molecular formula is C22H26O4. The fourth-order valence-electron chi connectivity index (χ4n) is 2.39. The van der Waals surface area contributed by atoms with Gasteiger partial charge in [0.25, 0.3) is 0 Å². The van der Waals surface area contributed by atoms with Gasteiger partial charge in [-0.25, -0.2) is 4.79 Å². The molecule has 0 fully saturated rings. The van der Waals surface area contributed by atoms with Crippen LogP contribution < -0.4 is 9.47 Å². The maximum absolute atomic E-state index is 11.2. The van der Waals surface area contributed by atoms with Crippen molar-refractivity contribution in [3.8, 4) is 22.6 Å². The third-order valence-electron chi connectivity index (χ3n) is 3.92. The lowest BCUT2D eigenvalue weighted by Gasteiger charge is -2.08. The molecule has 0 bridgehead atoms. The minimum atomic E-state index is -0.321. The molecule has 0 amide bonds. The molecule has 2 rings (SSSR count). The molecule has 0 saturated carbocycles. The number of benzene rings is 2. The van der Waals surface area contributed by atoms with Crippen molar-refractivity contribution in [1.29, 1.82) is 0 Å². The summed E-state index contributed by atoms with van der Waals surface area (Å²) in [5, 5.41) is 0. The molecule has 0 aliphatic carbocycles. The number of rotatable bonds is 10. The first-order chi connectivity index (χ1) is 12.6. The maximum atomic E-state index is 11.2. The quantitative estimate of drug-likeness (QED) is 0.341. The highest BCUT2D eigenvalue weighted by Gasteiger charge is 2.02. The first kappa shape index (κ1) is 19.6. The number of hydrogen-bond acceptors (Lipinski definition) is 4. The third kappa shape index (κ3) is 6.28. The molecule has 0 aliphatic rings. The zero-order chi connectivity index (χ0) is 18.8. The fourth-order valence-corrected chi connectivity index (χ4v) is 2.39. The van der Waals surface area contributed by atoms with Crippen LogP contribution in [-0.4, -0.2) is 26.3 Å². The normalized spacial score (nSPS) is 10.2. The van der Waals surface area contributed by atoms with Gasteiger partial charge >= 0.3 is 5.97 Å². The van der Waals surface area contributed by atoms with Gasteiger partial charge in [-0.1, -0.05) is 30.8 Å². The molecule has 0 aromatic heterocycles. The molecule has 4 heteroatoms. The molecule has 0 saturated heterocycles. The lowest BCUT2D eigenvalue weighted by Crippen LogP contribution is -2.06. The lowest BCUT2D eigenvalue weighted by atomic mass is 10.1. The Morgan fingerprint density at radius 1 is 0.846 bits per heavy atom. The second-order valence-corrected chi connectivity index (χ2v) is 6.08. The van der Waals surface area contributed by atoms with Gasteiger partial charge in [0.15, 0.2) is 0 Å². The Kier molecular flexibility index (Phi) is 7.75. The molecule has 0 unspecified atom stereocenters. The SMILES string of the molecule is C=C(C)C(=O)OCCCCCOc1ccc(-c2ccc(OC)cc2)cc1. The minimum absolute atomic E-state index is 0.321. The second-order valence-electron chi connectivity index (χ2n) is 6.08. The molecule has 0 heterocycles. The average Bonchev–Trinajstić information content (AvgIpc) is 2.67. The highest BCUT2D eigenvalue weighted by molar-refractivity contribution is 5.86. The van der Waals surface area contributed by atoms with E-state index in [0.717, 1.165) is 41.9 Å². The molecule has 138 valence electrons. The summed E-state index contributed by atoms with van der Waals surface area (Å²) in [6.07, 6.45) is 2.71. The second kappa shape index (κ2) is 10.3. The van der Waals surface area contributed by atoms with Crippen LogP contribution in [-0.2, 0) is 9.53 Å². The van der Waals surface area contributed by atoms with Crippen molar-refractivity contribution in [2.24, 2.45) is 0 Å². The molecule has 0 N–H and O–H groups in total. The highest BCUT2D eigenvalue weighted by atomic mass is 16.5. The maximum Gasteiger partial charge on any atom is 0.333 e. The van der Waals surface area contributed by atoms with Crippen molar-refractivity contribution in [1.82, 2.24) is 0 Å². The number of esters is 1. The first-order valence-electron chi connectivity index (χ1n) is 8.80. The van der Waals surface area contributed by atoms with E-state index in [0.29, 0.717) is 18.8 Å². The number of ether oxygens (including phenoxy) is 3. The Labute approximate surface area is 155 Å². The summed E-state index contributed by atoms with van der Waals surface area (Å²) in [7, 11) is 1.66. The average molecular weight is 354 g/mol. The van der Waals surface area contributed by atoms with Gasteiger partial charge in [0.05, 0.1) is 20.3 Å². The van der Waals surface area contributed by atoms with E-state index < -0.39 is 0 Å². The highest BCUT2D eigenvalue weighted by Crippen LogP contribution is 2.24. The summed E-state index contributed by atoms with van der Waals surface area (Å²) in [5.74, 6) is 1.39. The van der Waals surface area contributed by atoms with Gasteiger partial charge in [-0.15, -0.1) is 0 Å². The van der Waals surface area contributed by atoms with Gasteiger partial charge in [-0.2, -0.15) is 0 Å². The number of hydrogen-bond donors (Lipinski definition) is 0. The van der Waals surface area contributed by atoms with Crippen LogP contribution in [0.2, 0.25) is 0 Å². The molecule has 0 radical (unpaired) electrons. The smallest absolute Gasteiger partial charge is 0.333 e. The predicted molar refractivity (Wildman–Crippen MR) is 104 cm³/mol. The Hall–Kier alpha value is -2.75. The number of carbonyl (C=O) groups excluding carboxylic acids is 1. The van der Waals surface area contributed by atoms with Gasteiger partial charge in [0.1, 0.15) is 11.5 Å². The van der Waals surface area contributed by atoms with Crippen LogP contribution in [0.15, 0.2) is 60.7 Å². The molecule has 2 aromatic rings. The number of unbranched alkanes of at least 4 members (excludes halogenated alkanes) is 2. The van der Waals surface area contributed by atoms with Crippen molar-refractivity contribution in [2.45, 2.75) is 26.2 Å². The van der Waals surface area contributed by atoms with E-state index in [1.54, 1.807) is 14.0 Å². The van der Waals surface area contributed by atoms with Crippen LogP contribution in [0.3, 0.4) is 0 Å². The monoisotopic (exact) mass is 354 g/mol. The first-order valence-corrected chi connectivity index (χ1v) is 8.80. The van der Waals surface area contributed by atoms with Gasteiger partial charge in [-0.05, 0) is 61.6 Å². The van der Waals surface area contributed by atoms with E-state index in [1.807, 2.05) is 48.5 Å². The van der Waals surface area contributed by atoms with E-state index in [9.17, 15) is 4.79 Å². The van der Waals surface area contributed by atoms with Crippen LogP contribution in [0, 0.1) is 0 Å². The Morgan fingerprint density at radius 3 is 1.92 bits per heavy atom. The van der Waals surface area contributed by atoms with Crippen LogP contribution in [0.5, 0.6) is 11.5 Å². The Bertz CT molecular complexity index is 702. The van der Waals surface area contributed by atoms with Gasteiger partial charge < -0.3 is 14.2 Å². The summed E-state index contributed by atoms with van der Waals surface area (Å²) >= 11 is 0. The van der Waals surface area contributed by atoms with Gasteiger partial charge in [-0.3, -0.25) is 0 Å². The lowest BCUT2D eigenvalue weighted by molar-refractivity contribution is -0.139. The Balaban J connectivity index is 1.67. The van der Waals surface area contributed by atoms with E-state index in [2.05, 4.69) is 6.58 Å². The van der Waals surface area contributed by atoms with Gasteiger partial charge in [0, 0.05) is 5.57 Å². The molecule has 2 aromatic carbocycles. The van der Waals surface area contributed by atoms with Crippen LogP contribution in [0.1, 0.15) is 26.2 Å². The topological polar surface area (TPSA) is 44.8 Å². The Morgan fingerprint density at radius 2 is 1.38 bits per heavy atom. The predicted octanol–water partition coefficient (Wildman–Crippen LogP) is 5.03. The standard InChI is InChI=1S/C22H26O4/c1-17(2)22(23)26-16-6-4-5-15-25-21-13-9-19(10-14-21)18-7-11-20(24-3)12-8-18/h7-14H,1,4-6,15-16H2,2-3H3. The molecule has 4 nitrogen and oxygen atoms in total. The molecular weight excluding hydrogens is 328 g/mol. The summed E-state index contributed by atoms with van der Waals surface area (Å²) in [5.41, 5.74) is 2.72. The molecule has 26 heavy (non-hydrogen) atoms. The number of carbonyl (C=O) groups is 1. The van der Waals surface area contributed by atoms with Crippen molar-refractivity contribution in [3.05, 3.63) is 60.7 Å². The molecule has 0 spiro atoms. The summed E-state index contributed by atoms with van der Waals surface area (Å²) in [4.78, 5) is 11.2. The van der Waals surface area contributed by atoms with E-state index in [1.165, 1.54) is 0 Å². The van der Waals surface area contributed by atoms with E-state index >= 15 is 0 Å². The van der Waals surface area contributed by atoms with Crippen LogP contribution in [0.25, 0.3) is 11.1 Å². The van der Waals surface area contributed by atoms with Crippen LogP contribution >= 0.6 is 0 Å². The third-order valence-corrected chi connectivity index (χ3v) is 3.92. The fraction of sp³-hybridized carbons (Fsp3) is 0.318. The largest absolute Gasteiger partial charge is 0.497 e. The molecule has 0 atom stereocenters. The summed E-state index contributed by atoms with van der Waals surface area (Å²) in [6.45, 7) is 6.28. The molecule has 0 aliphatic heterocycles.